The minimum absolute atomic E-state index is 0.0422. The molecule has 10 heteroatoms. The molecule has 1 aliphatic heterocycles. The van der Waals surface area contributed by atoms with Gasteiger partial charge in [0.15, 0.2) is 0 Å². The number of thiophene rings is 1. The third-order valence-electron chi connectivity index (χ3n) is 5.93. The molecule has 0 spiro atoms. The first-order valence-electron chi connectivity index (χ1n) is 11.4. The van der Waals surface area contributed by atoms with Gasteiger partial charge >= 0.3 is 0 Å². The highest BCUT2D eigenvalue weighted by Crippen LogP contribution is 2.31. The molecule has 0 radical (unpaired) electrons. The molecule has 35 heavy (non-hydrogen) atoms. The van der Waals surface area contributed by atoms with Gasteiger partial charge in [-0.2, -0.15) is 0 Å². The maximum absolute atomic E-state index is 13.8. The Bertz CT molecular complexity index is 1300. The summed E-state index contributed by atoms with van der Waals surface area (Å²) in [4.78, 5) is 29.4. The number of fused-ring (bicyclic) bond motifs is 1. The van der Waals surface area contributed by atoms with Crippen LogP contribution in [0.2, 0.25) is 0 Å². The van der Waals surface area contributed by atoms with Crippen LogP contribution in [0.15, 0.2) is 66.0 Å². The number of benzene rings is 2. The number of para-hydroxylation sites is 1. The Balaban J connectivity index is 1.49. The number of hydrogen-bond donors (Lipinski definition) is 1. The topological polar surface area (TPSA) is 89.4 Å². The number of amides is 2. The van der Waals surface area contributed by atoms with Gasteiger partial charge in [0.2, 0.25) is 11.8 Å². The van der Waals surface area contributed by atoms with E-state index in [-0.39, 0.29) is 24.5 Å². The Morgan fingerprint density at radius 1 is 1.17 bits per heavy atom. The van der Waals surface area contributed by atoms with Crippen LogP contribution in [0, 0.1) is 5.82 Å². The fourth-order valence-electron chi connectivity index (χ4n) is 4.21. The number of anilines is 1. The zero-order valence-electron chi connectivity index (χ0n) is 18.8. The van der Waals surface area contributed by atoms with Gasteiger partial charge in [0.1, 0.15) is 23.9 Å². The van der Waals surface area contributed by atoms with Crippen LogP contribution in [-0.2, 0) is 20.9 Å². The molecule has 2 aromatic carbocycles. The molecule has 4 aromatic rings. The van der Waals surface area contributed by atoms with Gasteiger partial charge in [0.25, 0.3) is 0 Å². The Kier molecular flexibility index (Phi) is 6.82. The summed E-state index contributed by atoms with van der Waals surface area (Å²) in [7, 11) is 0. The number of nitrogens with one attached hydrogen (secondary N) is 1. The lowest BCUT2D eigenvalue weighted by Gasteiger charge is -2.31. The van der Waals surface area contributed by atoms with E-state index in [0.717, 1.165) is 12.8 Å². The van der Waals surface area contributed by atoms with Crippen LogP contribution in [0.1, 0.15) is 23.8 Å². The minimum atomic E-state index is -0.941. The van der Waals surface area contributed by atoms with Gasteiger partial charge in [-0.05, 0) is 60.7 Å². The molecule has 0 aliphatic carbocycles. The van der Waals surface area contributed by atoms with Gasteiger partial charge in [0, 0.05) is 23.7 Å². The normalized spacial score (nSPS) is 16.3. The van der Waals surface area contributed by atoms with Crippen molar-refractivity contribution in [2.75, 3.05) is 18.1 Å². The molecule has 2 unspecified atom stereocenters. The molecule has 0 saturated carbocycles. The Morgan fingerprint density at radius 3 is 2.74 bits per heavy atom. The lowest BCUT2D eigenvalue weighted by atomic mass is 10.1. The van der Waals surface area contributed by atoms with Crippen molar-refractivity contribution in [3.05, 3.63) is 76.7 Å². The van der Waals surface area contributed by atoms with E-state index in [9.17, 15) is 14.0 Å². The minimum Gasteiger partial charge on any atom is -0.376 e. The van der Waals surface area contributed by atoms with E-state index >= 15 is 0 Å². The summed E-state index contributed by atoms with van der Waals surface area (Å²) in [6, 6.07) is 15.6. The Morgan fingerprint density at radius 2 is 2.00 bits per heavy atom. The monoisotopic (exact) mass is 493 g/mol. The van der Waals surface area contributed by atoms with Gasteiger partial charge in [-0.1, -0.05) is 23.4 Å². The zero-order valence-corrected chi connectivity index (χ0v) is 19.7. The van der Waals surface area contributed by atoms with Crippen molar-refractivity contribution in [1.82, 2.24) is 20.3 Å². The van der Waals surface area contributed by atoms with E-state index in [1.807, 2.05) is 41.8 Å². The number of hydrogen-bond acceptors (Lipinski definition) is 6. The number of rotatable bonds is 8. The predicted octanol–water partition coefficient (Wildman–Crippen LogP) is 3.70. The van der Waals surface area contributed by atoms with E-state index in [2.05, 4.69) is 15.6 Å². The zero-order chi connectivity index (χ0) is 24.2. The third-order valence-corrected chi connectivity index (χ3v) is 6.85. The summed E-state index contributed by atoms with van der Waals surface area (Å²) in [6.07, 6.45) is 1.80. The van der Waals surface area contributed by atoms with Crippen LogP contribution in [0.25, 0.3) is 11.0 Å². The average molecular weight is 494 g/mol. The molecule has 180 valence electrons. The molecule has 1 aliphatic rings. The van der Waals surface area contributed by atoms with E-state index in [1.54, 1.807) is 0 Å². The molecule has 0 bridgehead atoms. The maximum atomic E-state index is 13.8. The maximum Gasteiger partial charge on any atom is 0.249 e. The standard InChI is InChI=1S/C25H24FN5O3S/c26-17-9-11-18(12-10-17)31(23(32)16-30-21-7-2-1-6-20(21)28-29-30)24(22-8-4-14-35-22)25(33)27-15-19-5-3-13-34-19/h1-2,4,6-12,14,19,24H,3,5,13,15-16H2,(H,27,33). The molecule has 1 fully saturated rings. The van der Waals surface area contributed by atoms with Gasteiger partial charge in [-0.15, -0.1) is 16.4 Å². The second-order valence-corrected chi connectivity index (χ2v) is 9.25. The Labute approximate surface area is 205 Å². The largest absolute Gasteiger partial charge is 0.376 e. The molecule has 1 N–H and O–H groups in total. The summed E-state index contributed by atoms with van der Waals surface area (Å²) < 4.78 is 20.9. The second kappa shape index (κ2) is 10.3. The van der Waals surface area contributed by atoms with Crippen LogP contribution < -0.4 is 10.2 Å². The number of carbonyl (C=O) groups is 2. The van der Waals surface area contributed by atoms with Crippen LogP contribution >= 0.6 is 11.3 Å². The van der Waals surface area contributed by atoms with Gasteiger partial charge in [0.05, 0.1) is 11.6 Å². The SMILES string of the molecule is O=C(NCC1CCCO1)C(c1cccs1)N(C(=O)Cn1nnc2ccccc21)c1ccc(F)cc1. The van der Waals surface area contributed by atoms with Crippen molar-refractivity contribution in [2.24, 2.45) is 0 Å². The van der Waals surface area contributed by atoms with Crippen molar-refractivity contribution in [1.29, 1.82) is 0 Å². The number of nitrogens with zero attached hydrogens (tertiary/aromatic N) is 4. The molecule has 2 atom stereocenters. The molecular formula is C25H24FN5O3S. The van der Waals surface area contributed by atoms with E-state index in [1.165, 1.54) is 45.2 Å². The average Bonchev–Trinajstić information content (AvgIpc) is 3.65. The molecule has 5 rings (SSSR count). The highest BCUT2D eigenvalue weighted by Gasteiger charge is 2.34. The summed E-state index contributed by atoms with van der Waals surface area (Å²) in [5.41, 5.74) is 1.78. The number of carbonyl (C=O) groups excluding carboxylic acids is 2. The Hall–Kier alpha value is -3.63. The first-order valence-corrected chi connectivity index (χ1v) is 12.3. The van der Waals surface area contributed by atoms with E-state index in [4.69, 9.17) is 4.74 Å². The van der Waals surface area contributed by atoms with Crippen molar-refractivity contribution >= 4 is 39.9 Å². The molecule has 1 saturated heterocycles. The fraction of sp³-hybridized carbons (Fsp3) is 0.280. The lowest BCUT2D eigenvalue weighted by Crippen LogP contribution is -2.46. The highest BCUT2D eigenvalue weighted by atomic mass is 32.1. The summed E-state index contributed by atoms with van der Waals surface area (Å²) in [5.74, 6) is -1.14. The van der Waals surface area contributed by atoms with Crippen LogP contribution in [0.4, 0.5) is 10.1 Å². The number of aromatic nitrogens is 3. The highest BCUT2D eigenvalue weighted by molar-refractivity contribution is 7.10. The van der Waals surface area contributed by atoms with E-state index in [0.29, 0.717) is 34.7 Å². The third kappa shape index (κ3) is 5.08. The number of ether oxygens (including phenoxy) is 1. The molecule has 3 heterocycles. The van der Waals surface area contributed by atoms with Crippen molar-refractivity contribution in [3.8, 4) is 0 Å². The molecule has 2 aromatic heterocycles. The number of halogens is 1. The van der Waals surface area contributed by atoms with Crippen molar-refractivity contribution in [2.45, 2.75) is 31.5 Å². The summed E-state index contributed by atoms with van der Waals surface area (Å²) >= 11 is 1.38. The molecule has 2 amide bonds. The lowest BCUT2D eigenvalue weighted by molar-refractivity contribution is -0.127. The van der Waals surface area contributed by atoms with Crippen LogP contribution in [0.3, 0.4) is 0 Å². The van der Waals surface area contributed by atoms with Crippen molar-refractivity contribution in [3.63, 3.8) is 0 Å². The van der Waals surface area contributed by atoms with Crippen LogP contribution in [0.5, 0.6) is 0 Å². The molecule has 8 nitrogen and oxygen atoms in total. The fourth-order valence-corrected chi connectivity index (χ4v) is 5.03. The molecular weight excluding hydrogens is 469 g/mol. The van der Waals surface area contributed by atoms with Gasteiger partial charge in [-0.3, -0.25) is 14.5 Å². The summed E-state index contributed by atoms with van der Waals surface area (Å²) in [5, 5.41) is 13.1. The smallest absolute Gasteiger partial charge is 0.249 e. The predicted molar refractivity (Wildman–Crippen MR) is 130 cm³/mol. The second-order valence-electron chi connectivity index (χ2n) is 8.27. The quantitative estimate of drug-likeness (QED) is 0.404. The van der Waals surface area contributed by atoms with Crippen molar-refractivity contribution < 1.29 is 18.7 Å². The van der Waals surface area contributed by atoms with Gasteiger partial charge < -0.3 is 10.1 Å². The van der Waals surface area contributed by atoms with E-state index < -0.39 is 11.9 Å². The van der Waals surface area contributed by atoms with Gasteiger partial charge in [-0.25, -0.2) is 9.07 Å². The first kappa shape index (κ1) is 23.1. The summed E-state index contributed by atoms with van der Waals surface area (Å²) in [6.45, 7) is 0.902. The van der Waals surface area contributed by atoms with Crippen LogP contribution in [-0.4, -0.2) is 46.1 Å². The first-order chi connectivity index (χ1) is 17.1.